The predicted octanol–water partition coefficient (Wildman–Crippen LogP) is 5.01. The van der Waals surface area contributed by atoms with Crippen LogP contribution in [0.3, 0.4) is 0 Å². The molecule has 2 amide bonds. The van der Waals surface area contributed by atoms with Crippen LogP contribution in [-0.2, 0) is 29.2 Å². The highest BCUT2D eigenvalue weighted by Crippen LogP contribution is 2.34. The van der Waals surface area contributed by atoms with Gasteiger partial charge < -0.3 is 9.80 Å². The van der Waals surface area contributed by atoms with Gasteiger partial charge in [-0.1, -0.05) is 41.9 Å². The van der Waals surface area contributed by atoms with Gasteiger partial charge in [-0.3, -0.25) is 14.5 Å². The first-order chi connectivity index (χ1) is 19.4. The number of rotatable bonds is 6. The van der Waals surface area contributed by atoms with Crippen molar-refractivity contribution in [1.29, 1.82) is 0 Å². The first-order valence-electron chi connectivity index (χ1n) is 14.4. The van der Waals surface area contributed by atoms with Gasteiger partial charge in [-0.15, -0.1) is 0 Å². The molecule has 2 aromatic carbocycles. The van der Waals surface area contributed by atoms with Crippen molar-refractivity contribution in [2.45, 2.75) is 65.6 Å². The number of aryl methyl sites for hydroxylation is 3. The standard InChI is InChI=1S/C31H39ClN6O2/c1-23-33-24(2)38(34-23)20-15-30(39)36-18-5-16-35(21-25-9-13-28(32)14-10-25)17-6-19-37(31(40)26-11-12-26)29-8-4-3-7-27(29)22-36/h3-4,7-10,13-14,26H,5-6,11-12,15-22H2,1-2H3. The second-order valence-electron chi connectivity index (χ2n) is 11.0. The van der Waals surface area contributed by atoms with Crippen LogP contribution < -0.4 is 4.90 Å². The molecule has 2 aliphatic rings. The van der Waals surface area contributed by atoms with E-state index < -0.39 is 0 Å². The second kappa shape index (κ2) is 13.0. The van der Waals surface area contributed by atoms with Gasteiger partial charge in [0.15, 0.2) is 0 Å². The fourth-order valence-electron chi connectivity index (χ4n) is 5.49. The van der Waals surface area contributed by atoms with Crippen LogP contribution in [0.25, 0.3) is 0 Å². The van der Waals surface area contributed by atoms with Gasteiger partial charge in [-0.05, 0) is 68.9 Å². The largest absolute Gasteiger partial charge is 0.338 e. The Hall–Kier alpha value is -3.23. The highest BCUT2D eigenvalue weighted by Gasteiger charge is 2.35. The van der Waals surface area contributed by atoms with Gasteiger partial charge in [-0.2, -0.15) is 5.10 Å². The summed E-state index contributed by atoms with van der Waals surface area (Å²) in [6.45, 7) is 8.63. The van der Waals surface area contributed by atoms with Gasteiger partial charge in [-0.25, -0.2) is 9.67 Å². The summed E-state index contributed by atoms with van der Waals surface area (Å²) in [4.78, 5) is 37.8. The molecule has 0 radical (unpaired) electrons. The van der Waals surface area contributed by atoms with E-state index in [1.807, 2.05) is 58.7 Å². The summed E-state index contributed by atoms with van der Waals surface area (Å²) in [5.74, 6) is 1.95. The molecule has 0 atom stereocenters. The maximum absolute atomic E-state index is 13.6. The van der Waals surface area contributed by atoms with Crippen LogP contribution in [0.1, 0.15) is 54.9 Å². The summed E-state index contributed by atoms with van der Waals surface area (Å²) in [5, 5.41) is 5.16. The van der Waals surface area contributed by atoms with E-state index >= 15 is 0 Å². The van der Waals surface area contributed by atoms with E-state index in [9.17, 15) is 9.59 Å². The molecule has 3 aromatic rings. The number of halogens is 1. The minimum atomic E-state index is 0.0868. The minimum Gasteiger partial charge on any atom is -0.338 e. The number of aromatic nitrogens is 3. The zero-order valence-corrected chi connectivity index (χ0v) is 24.3. The zero-order valence-electron chi connectivity index (χ0n) is 23.6. The first kappa shape index (κ1) is 28.3. The summed E-state index contributed by atoms with van der Waals surface area (Å²) in [6, 6.07) is 16.1. The molecule has 1 aromatic heterocycles. The topological polar surface area (TPSA) is 74.6 Å². The Labute approximate surface area is 241 Å². The van der Waals surface area contributed by atoms with Crippen molar-refractivity contribution in [2.75, 3.05) is 31.1 Å². The summed E-state index contributed by atoms with van der Waals surface area (Å²) >= 11 is 6.12. The van der Waals surface area contributed by atoms with Gasteiger partial charge in [0, 0.05) is 62.3 Å². The number of hydrogen-bond acceptors (Lipinski definition) is 5. The van der Waals surface area contributed by atoms with Crippen LogP contribution in [0.15, 0.2) is 48.5 Å². The van der Waals surface area contributed by atoms with Gasteiger partial charge in [0.25, 0.3) is 0 Å². The average molecular weight is 563 g/mol. The molecule has 0 unspecified atom stereocenters. The quantitative estimate of drug-likeness (QED) is 0.422. The Morgan fingerprint density at radius 2 is 1.68 bits per heavy atom. The third-order valence-corrected chi connectivity index (χ3v) is 8.02. The summed E-state index contributed by atoms with van der Waals surface area (Å²) in [7, 11) is 0. The summed E-state index contributed by atoms with van der Waals surface area (Å²) in [5.41, 5.74) is 3.17. The third kappa shape index (κ3) is 7.29. The number of carbonyl (C=O) groups is 2. The molecule has 0 saturated heterocycles. The summed E-state index contributed by atoms with van der Waals surface area (Å²) in [6.07, 6.45) is 4.04. The van der Waals surface area contributed by atoms with Crippen molar-refractivity contribution in [3.05, 3.63) is 76.3 Å². The predicted molar refractivity (Wildman–Crippen MR) is 157 cm³/mol. The smallest absolute Gasteiger partial charge is 0.230 e. The van der Waals surface area contributed by atoms with Gasteiger partial charge in [0.2, 0.25) is 11.8 Å². The molecular weight excluding hydrogens is 524 g/mol. The molecule has 8 nitrogen and oxygen atoms in total. The van der Waals surface area contributed by atoms with E-state index in [1.165, 1.54) is 5.56 Å². The number of carbonyl (C=O) groups excluding carboxylic acids is 2. The highest BCUT2D eigenvalue weighted by molar-refractivity contribution is 6.30. The van der Waals surface area contributed by atoms with E-state index in [0.717, 1.165) is 67.4 Å². The molecular formula is C31H39ClN6O2. The molecule has 5 rings (SSSR count). The molecule has 1 saturated carbocycles. The number of benzene rings is 2. The number of nitrogens with zero attached hydrogens (tertiary/aromatic N) is 6. The monoisotopic (exact) mass is 562 g/mol. The van der Waals surface area contributed by atoms with Crippen LogP contribution in [0.4, 0.5) is 5.69 Å². The molecule has 0 bridgehead atoms. The van der Waals surface area contributed by atoms with Crippen molar-refractivity contribution in [3.8, 4) is 0 Å². The molecule has 2 heterocycles. The lowest BCUT2D eigenvalue weighted by molar-refractivity contribution is -0.132. The minimum absolute atomic E-state index is 0.0868. The van der Waals surface area contributed by atoms with Gasteiger partial charge >= 0.3 is 0 Å². The maximum Gasteiger partial charge on any atom is 0.230 e. The van der Waals surface area contributed by atoms with Gasteiger partial charge in [0.05, 0.1) is 6.54 Å². The Balaban J connectivity index is 1.38. The molecule has 0 N–H and O–H groups in total. The third-order valence-electron chi connectivity index (χ3n) is 7.77. The van der Waals surface area contributed by atoms with Crippen LogP contribution in [-0.4, -0.2) is 62.6 Å². The Morgan fingerprint density at radius 3 is 2.38 bits per heavy atom. The van der Waals surface area contributed by atoms with E-state index in [1.54, 1.807) is 0 Å². The number of hydrogen-bond donors (Lipinski definition) is 0. The SMILES string of the molecule is Cc1nc(C)n(CCC(=O)N2CCCN(Cc3ccc(Cl)cc3)CCCN(C(=O)C3CC3)c3ccccc3C2)n1. The van der Waals surface area contributed by atoms with E-state index in [4.69, 9.17) is 11.6 Å². The molecule has 9 heteroatoms. The van der Waals surface area contributed by atoms with Crippen LogP contribution >= 0.6 is 11.6 Å². The highest BCUT2D eigenvalue weighted by atomic mass is 35.5. The molecule has 212 valence electrons. The van der Waals surface area contributed by atoms with Crippen LogP contribution in [0.2, 0.25) is 5.02 Å². The normalized spacial score (nSPS) is 17.2. The van der Waals surface area contributed by atoms with Crippen molar-refractivity contribution in [2.24, 2.45) is 5.92 Å². The number of amides is 2. The Bertz CT molecular complexity index is 1320. The van der Waals surface area contributed by atoms with Gasteiger partial charge in [0.1, 0.15) is 11.6 Å². The van der Waals surface area contributed by atoms with Crippen molar-refractivity contribution in [1.82, 2.24) is 24.6 Å². The number of para-hydroxylation sites is 1. The van der Waals surface area contributed by atoms with Crippen molar-refractivity contribution >= 4 is 29.1 Å². The number of fused-ring (bicyclic) bond motifs is 1. The van der Waals surface area contributed by atoms with E-state index in [0.29, 0.717) is 38.4 Å². The lowest BCUT2D eigenvalue weighted by Gasteiger charge is -2.32. The first-order valence-corrected chi connectivity index (χ1v) is 14.8. The average Bonchev–Trinajstić information content (AvgIpc) is 3.73. The van der Waals surface area contributed by atoms with E-state index in [-0.39, 0.29) is 17.7 Å². The van der Waals surface area contributed by atoms with E-state index in [2.05, 4.69) is 33.2 Å². The van der Waals surface area contributed by atoms with Crippen molar-refractivity contribution < 1.29 is 9.59 Å². The Morgan fingerprint density at radius 1 is 0.950 bits per heavy atom. The summed E-state index contributed by atoms with van der Waals surface area (Å²) < 4.78 is 1.81. The molecule has 1 fully saturated rings. The molecule has 0 spiro atoms. The molecule has 1 aliphatic carbocycles. The van der Waals surface area contributed by atoms with Crippen LogP contribution in [0.5, 0.6) is 0 Å². The fraction of sp³-hybridized carbons (Fsp3) is 0.484. The lowest BCUT2D eigenvalue weighted by atomic mass is 10.1. The zero-order chi connectivity index (χ0) is 28.1. The molecule has 1 aliphatic heterocycles. The second-order valence-corrected chi connectivity index (χ2v) is 11.4. The molecule has 40 heavy (non-hydrogen) atoms. The lowest BCUT2D eigenvalue weighted by Crippen LogP contribution is -2.39. The number of anilines is 1. The van der Waals surface area contributed by atoms with Crippen LogP contribution in [0, 0.1) is 19.8 Å². The fourth-order valence-corrected chi connectivity index (χ4v) is 5.62. The maximum atomic E-state index is 13.6. The Kier molecular flexibility index (Phi) is 9.17. The van der Waals surface area contributed by atoms with Crippen molar-refractivity contribution in [3.63, 3.8) is 0 Å².